The topological polar surface area (TPSA) is 31.2 Å². The van der Waals surface area contributed by atoms with Crippen molar-refractivity contribution in [1.29, 1.82) is 0 Å². The summed E-state index contributed by atoms with van der Waals surface area (Å²) in [5.74, 6) is 0.749. The van der Waals surface area contributed by atoms with Crippen molar-refractivity contribution in [2.24, 2.45) is 0 Å². The van der Waals surface area contributed by atoms with E-state index in [0.717, 1.165) is 17.7 Å². The molecule has 82 valence electrons. The van der Waals surface area contributed by atoms with Gasteiger partial charge in [0.15, 0.2) is 0 Å². The van der Waals surface area contributed by atoms with Crippen molar-refractivity contribution in [3.63, 3.8) is 0 Å². The molecule has 0 unspecified atom stereocenters. The van der Waals surface area contributed by atoms with Crippen LogP contribution in [-0.2, 0) is 11.3 Å². The van der Waals surface area contributed by atoms with Crippen molar-refractivity contribution >= 4 is 28.6 Å². The highest BCUT2D eigenvalue weighted by Gasteiger charge is 2.20. The minimum atomic E-state index is -0.256. The summed E-state index contributed by atoms with van der Waals surface area (Å²) < 4.78 is 6.87. The van der Waals surface area contributed by atoms with Crippen LogP contribution >= 0.6 is 11.8 Å². The number of esters is 1. The average Bonchev–Trinajstić information content (AvgIpc) is 2.70. The largest absolute Gasteiger partial charge is 0.464 e. The van der Waals surface area contributed by atoms with Gasteiger partial charge in [0.1, 0.15) is 5.69 Å². The second kappa shape index (κ2) is 3.56. The lowest BCUT2D eigenvalue weighted by Crippen LogP contribution is -2.14. The minimum absolute atomic E-state index is 0.256. The number of para-hydroxylation sites is 1. The fourth-order valence-corrected chi connectivity index (χ4v) is 3.19. The molecule has 3 rings (SSSR count). The Morgan fingerprint density at radius 2 is 2.38 bits per heavy atom. The van der Waals surface area contributed by atoms with E-state index in [2.05, 4.69) is 10.6 Å². The minimum Gasteiger partial charge on any atom is -0.464 e. The van der Waals surface area contributed by atoms with Gasteiger partial charge in [-0.05, 0) is 12.1 Å². The van der Waals surface area contributed by atoms with Crippen molar-refractivity contribution in [3.8, 4) is 0 Å². The molecule has 0 N–H and O–H groups in total. The van der Waals surface area contributed by atoms with E-state index < -0.39 is 0 Å². The fourth-order valence-electron chi connectivity index (χ4n) is 2.16. The van der Waals surface area contributed by atoms with Crippen LogP contribution in [0.3, 0.4) is 0 Å². The molecule has 0 fully saturated rings. The highest BCUT2D eigenvalue weighted by atomic mass is 32.2. The second-order valence-corrected chi connectivity index (χ2v) is 4.85. The van der Waals surface area contributed by atoms with E-state index in [0.29, 0.717) is 5.69 Å². The molecule has 16 heavy (non-hydrogen) atoms. The number of nitrogens with zero attached hydrogens (tertiary/aromatic N) is 1. The van der Waals surface area contributed by atoms with Gasteiger partial charge in [0.05, 0.1) is 12.6 Å². The molecule has 1 aromatic carbocycles. The van der Waals surface area contributed by atoms with Crippen LogP contribution in [0.15, 0.2) is 29.2 Å². The summed E-state index contributed by atoms with van der Waals surface area (Å²) >= 11 is 1.84. The lowest BCUT2D eigenvalue weighted by molar-refractivity contribution is 0.0589. The normalized spacial score (nSPS) is 14.1. The number of ether oxygens (including phenoxy) is 1. The fraction of sp³-hybridized carbons (Fsp3) is 0.250. The Kier molecular flexibility index (Phi) is 2.17. The predicted molar refractivity (Wildman–Crippen MR) is 64.0 cm³/mol. The van der Waals surface area contributed by atoms with Gasteiger partial charge in [-0.1, -0.05) is 12.1 Å². The van der Waals surface area contributed by atoms with Crippen LogP contribution < -0.4 is 0 Å². The SMILES string of the molecule is COC(=O)c1cc2cccc3c2n1CCS3. The summed E-state index contributed by atoms with van der Waals surface area (Å²) in [5.41, 5.74) is 1.82. The maximum absolute atomic E-state index is 11.6. The van der Waals surface area contributed by atoms with Gasteiger partial charge in [-0.25, -0.2) is 4.79 Å². The number of thioether (sulfide) groups is 1. The first-order chi connectivity index (χ1) is 7.81. The molecular formula is C12H11NO2S. The van der Waals surface area contributed by atoms with E-state index in [1.54, 1.807) is 0 Å². The molecule has 0 saturated carbocycles. The van der Waals surface area contributed by atoms with Crippen LogP contribution in [0.5, 0.6) is 0 Å². The summed E-state index contributed by atoms with van der Waals surface area (Å²) in [7, 11) is 1.42. The summed E-state index contributed by atoms with van der Waals surface area (Å²) in [5, 5.41) is 1.12. The van der Waals surface area contributed by atoms with E-state index in [-0.39, 0.29) is 5.97 Å². The van der Waals surface area contributed by atoms with Crippen molar-refractivity contribution < 1.29 is 9.53 Å². The molecule has 2 heterocycles. The van der Waals surface area contributed by atoms with E-state index in [9.17, 15) is 4.79 Å². The third-order valence-electron chi connectivity index (χ3n) is 2.85. The number of aryl methyl sites for hydroxylation is 1. The van der Waals surface area contributed by atoms with E-state index >= 15 is 0 Å². The van der Waals surface area contributed by atoms with Gasteiger partial charge >= 0.3 is 5.97 Å². The molecule has 0 aliphatic carbocycles. The monoisotopic (exact) mass is 233 g/mol. The lowest BCUT2D eigenvalue weighted by Gasteiger charge is -2.16. The molecule has 4 heteroatoms. The van der Waals surface area contributed by atoms with Gasteiger partial charge in [-0.15, -0.1) is 11.8 Å². The lowest BCUT2D eigenvalue weighted by atomic mass is 10.2. The number of hydrogen-bond acceptors (Lipinski definition) is 3. The Bertz CT molecular complexity index is 574. The number of aromatic nitrogens is 1. The standard InChI is InChI=1S/C12H11NO2S/c1-15-12(14)9-7-8-3-2-4-10-11(8)13(9)5-6-16-10/h2-4,7H,5-6H2,1H3. The predicted octanol–water partition coefficient (Wildman–Crippen LogP) is 2.53. The third kappa shape index (κ3) is 1.26. The smallest absolute Gasteiger partial charge is 0.354 e. The summed E-state index contributed by atoms with van der Waals surface area (Å²) in [6.45, 7) is 0.871. The molecule has 1 aliphatic heterocycles. The molecule has 1 aromatic heterocycles. The molecular weight excluding hydrogens is 222 g/mol. The second-order valence-electron chi connectivity index (χ2n) is 3.72. The molecule has 2 aromatic rings. The molecule has 0 bridgehead atoms. The molecule has 0 radical (unpaired) electrons. The highest BCUT2D eigenvalue weighted by molar-refractivity contribution is 7.99. The van der Waals surface area contributed by atoms with Crippen LogP contribution in [-0.4, -0.2) is 23.4 Å². The number of benzene rings is 1. The molecule has 0 spiro atoms. The zero-order valence-electron chi connectivity index (χ0n) is 8.90. The summed E-state index contributed by atoms with van der Waals surface area (Å²) in [4.78, 5) is 12.9. The Balaban J connectivity index is 2.33. The van der Waals surface area contributed by atoms with E-state index in [1.165, 1.54) is 17.5 Å². The first-order valence-electron chi connectivity index (χ1n) is 5.14. The molecule has 3 nitrogen and oxygen atoms in total. The maximum Gasteiger partial charge on any atom is 0.354 e. The number of hydrogen-bond donors (Lipinski definition) is 0. The Morgan fingerprint density at radius 1 is 1.50 bits per heavy atom. The van der Waals surface area contributed by atoms with Gasteiger partial charge in [-0.3, -0.25) is 0 Å². The van der Waals surface area contributed by atoms with Crippen LogP contribution in [0, 0.1) is 0 Å². The Hall–Kier alpha value is -1.42. The Morgan fingerprint density at radius 3 is 3.19 bits per heavy atom. The van der Waals surface area contributed by atoms with E-state index in [1.807, 2.05) is 30.0 Å². The zero-order valence-corrected chi connectivity index (χ0v) is 9.71. The number of methoxy groups -OCH3 is 1. The molecule has 0 saturated heterocycles. The Labute approximate surface area is 97.4 Å². The number of carbonyl (C=O) groups is 1. The molecule has 0 atom stereocenters. The molecule has 1 aliphatic rings. The van der Waals surface area contributed by atoms with Gasteiger partial charge in [0.25, 0.3) is 0 Å². The third-order valence-corrected chi connectivity index (χ3v) is 3.88. The van der Waals surface area contributed by atoms with Crippen molar-refractivity contribution in [2.45, 2.75) is 11.4 Å². The highest BCUT2D eigenvalue weighted by Crippen LogP contribution is 2.34. The number of carbonyl (C=O) groups excluding carboxylic acids is 1. The molecule has 0 amide bonds. The quantitative estimate of drug-likeness (QED) is 0.709. The first kappa shape index (κ1) is 9.78. The summed E-state index contributed by atoms with van der Waals surface area (Å²) in [6, 6.07) is 8.08. The average molecular weight is 233 g/mol. The van der Waals surface area contributed by atoms with Gasteiger partial charge < -0.3 is 9.30 Å². The first-order valence-corrected chi connectivity index (χ1v) is 6.13. The number of rotatable bonds is 1. The van der Waals surface area contributed by atoms with Gasteiger partial charge in [0, 0.05) is 22.6 Å². The van der Waals surface area contributed by atoms with Crippen LogP contribution in [0.1, 0.15) is 10.5 Å². The van der Waals surface area contributed by atoms with Crippen LogP contribution in [0.25, 0.3) is 10.9 Å². The van der Waals surface area contributed by atoms with Crippen molar-refractivity contribution in [3.05, 3.63) is 30.0 Å². The summed E-state index contributed by atoms with van der Waals surface area (Å²) in [6.07, 6.45) is 0. The van der Waals surface area contributed by atoms with Crippen molar-refractivity contribution in [2.75, 3.05) is 12.9 Å². The van der Waals surface area contributed by atoms with Crippen LogP contribution in [0.2, 0.25) is 0 Å². The van der Waals surface area contributed by atoms with Gasteiger partial charge in [0.2, 0.25) is 0 Å². The maximum atomic E-state index is 11.6. The van der Waals surface area contributed by atoms with E-state index in [4.69, 9.17) is 4.74 Å². The zero-order chi connectivity index (χ0) is 11.1. The van der Waals surface area contributed by atoms with Crippen LogP contribution in [0.4, 0.5) is 0 Å². The van der Waals surface area contributed by atoms with Gasteiger partial charge in [-0.2, -0.15) is 0 Å². The van der Waals surface area contributed by atoms with Crippen molar-refractivity contribution in [1.82, 2.24) is 4.57 Å².